The summed E-state index contributed by atoms with van der Waals surface area (Å²) in [5.74, 6) is 1.20. The highest BCUT2D eigenvalue weighted by atomic mass is 35.5. The standard InChI is InChI=1S/C26H22ClN5O/c1-16-15-18(12-13-28-16)19-10-11-23(30-26(19)33-3)29-22-9-6-14-32-17(2)24(31-25(22)32)20-7-4-5-8-21(20)27/h4-15H,1-3H3,(H,29,30). The van der Waals surface area contributed by atoms with Crippen molar-refractivity contribution in [3.8, 4) is 28.3 Å². The molecule has 0 saturated carbocycles. The Kier molecular flexibility index (Phi) is 5.44. The number of pyridine rings is 3. The van der Waals surface area contributed by atoms with Crippen molar-refractivity contribution in [1.82, 2.24) is 19.4 Å². The summed E-state index contributed by atoms with van der Waals surface area (Å²) in [5, 5.41) is 4.07. The monoisotopic (exact) mass is 455 g/mol. The van der Waals surface area contributed by atoms with Crippen molar-refractivity contribution in [3.05, 3.63) is 89.5 Å². The van der Waals surface area contributed by atoms with Gasteiger partial charge in [0.25, 0.3) is 0 Å². The lowest BCUT2D eigenvalue weighted by Crippen LogP contribution is -2.00. The van der Waals surface area contributed by atoms with Crippen molar-refractivity contribution in [2.45, 2.75) is 13.8 Å². The van der Waals surface area contributed by atoms with E-state index in [4.69, 9.17) is 21.3 Å². The van der Waals surface area contributed by atoms with E-state index in [-0.39, 0.29) is 0 Å². The molecule has 0 bridgehead atoms. The molecule has 0 radical (unpaired) electrons. The van der Waals surface area contributed by atoms with Gasteiger partial charge in [0.05, 0.1) is 23.5 Å². The third-order valence-corrected chi connectivity index (χ3v) is 5.87. The largest absolute Gasteiger partial charge is 0.480 e. The van der Waals surface area contributed by atoms with E-state index in [0.717, 1.165) is 45.1 Å². The minimum absolute atomic E-state index is 0.536. The summed E-state index contributed by atoms with van der Waals surface area (Å²) < 4.78 is 7.64. The molecule has 0 saturated heterocycles. The molecule has 6 nitrogen and oxygen atoms in total. The highest BCUT2D eigenvalue weighted by Gasteiger charge is 2.16. The Morgan fingerprint density at radius 3 is 2.58 bits per heavy atom. The zero-order valence-electron chi connectivity index (χ0n) is 18.5. The van der Waals surface area contributed by atoms with Gasteiger partial charge in [0.1, 0.15) is 5.82 Å². The molecule has 1 aromatic carbocycles. The van der Waals surface area contributed by atoms with E-state index in [2.05, 4.69) is 15.3 Å². The van der Waals surface area contributed by atoms with Crippen LogP contribution in [0.15, 0.2) is 73.1 Å². The van der Waals surface area contributed by atoms with Gasteiger partial charge in [0, 0.05) is 34.9 Å². The summed E-state index contributed by atoms with van der Waals surface area (Å²) in [7, 11) is 1.62. The second-order valence-corrected chi connectivity index (χ2v) is 8.11. The van der Waals surface area contributed by atoms with Crippen LogP contribution < -0.4 is 10.1 Å². The number of fused-ring (bicyclic) bond motifs is 1. The molecule has 7 heteroatoms. The van der Waals surface area contributed by atoms with Gasteiger partial charge in [-0.2, -0.15) is 4.98 Å². The molecular weight excluding hydrogens is 434 g/mol. The van der Waals surface area contributed by atoms with Crippen molar-refractivity contribution in [2.24, 2.45) is 0 Å². The molecular formula is C26H22ClN5O. The minimum atomic E-state index is 0.536. The lowest BCUT2D eigenvalue weighted by atomic mass is 10.1. The average molecular weight is 456 g/mol. The summed E-state index contributed by atoms with van der Waals surface area (Å²) in [6, 6.07) is 19.6. The van der Waals surface area contributed by atoms with Crippen molar-refractivity contribution in [1.29, 1.82) is 0 Å². The van der Waals surface area contributed by atoms with Crippen LogP contribution in [0, 0.1) is 13.8 Å². The number of rotatable bonds is 5. The zero-order valence-corrected chi connectivity index (χ0v) is 19.3. The second-order valence-electron chi connectivity index (χ2n) is 7.71. The van der Waals surface area contributed by atoms with Crippen LogP contribution in [0.25, 0.3) is 28.0 Å². The van der Waals surface area contributed by atoms with Crippen LogP contribution in [-0.2, 0) is 0 Å². The predicted octanol–water partition coefficient (Wildman–Crippen LogP) is 6.48. The molecule has 0 amide bonds. The number of hydrogen-bond donors (Lipinski definition) is 1. The first kappa shape index (κ1) is 21.0. The first-order valence-electron chi connectivity index (χ1n) is 10.5. The fraction of sp³-hybridized carbons (Fsp3) is 0.115. The Morgan fingerprint density at radius 2 is 1.79 bits per heavy atom. The van der Waals surface area contributed by atoms with E-state index in [0.29, 0.717) is 16.7 Å². The lowest BCUT2D eigenvalue weighted by molar-refractivity contribution is 0.400. The van der Waals surface area contributed by atoms with E-state index in [9.17, 15) is 0 Å². The van der Waals surface area contributed by atoms with Crippen molar-refractivity contribution in [2.75, 3.05) is 12.4 Å². The average Bonchev–Trinajstić information content (AvgIpc) is 3.16. The van der Waals surface area contributed by atoms with Crippen LogP contribution in [-0.4, -0.2) is 26.5 Å². The number of benzene rings is 1. The molecule has 5 aromatic rings. The Hall–Kier alpha value is -3.90. The third-order valence-electron chi connectivity index (χ3n) is 5.54. The zero-order chi connectivity index (χ0) is 22.9. The van der Waals surface area contributed by atoms with Crippen LogP contribution in [0.2, 0.25) is 5.02 Å². The molecule has 0 unspecified atom stereocenters. The summed E-state index contributed by atoms with van der Waals surface area (Å²) in [4.78, 5) is 13.9. The number of nitrogens with zero attached hydrogens (tertiary/aromatic N) is 4. The number of hydrogen-bond acceptors (Lipinski definition) is 5. The van der Waals surface area contributed by atoms with E-state index in [1.807, 2.05) is 85.1 Å². The fourth-order valence-corrected chi connectivity index (χ4v) is 4.15. The lowest BCUT2D eigenvalue weighted by Gasteiger charge is -2.12. The van der Waals surface area contributed by atoms with Gasteiger partial charge in [-0.3, -0.25) is 4.98 Å². The van der Waals surface area contributed by atoms with Gasteiger partial charge in [-0.05, 0) is 61.9 Å². The first-order chi connectivity index (χ1) is 16.0. The molecule has 1 N–H and O–H groups in total. The number of imidazole rings is 1. The van der Waals surface area contributed by atoms with E-state index in [1.54, 1.807) is 13.3 Å². The smallest absolute Gasteiger partial charge is 0.223 e. The quantitative estimate of drug-likeness (QED) is 0.328. The Balaban J connectivity index is 1.54. The number of aryl methyl sites for hydroxylation is 2. The van der Waals surface area contributed by atoms with Gasteiger partial charge < -0.3 is 14.5 Å². The second kappa shape index (κ2) is 8.56. The highest BCUT2D eigenvalue weighted by molar-refractivity contribution is 6.33. The van der Waals surface area contributed by atoms with Crippen LogP contribution in [0.1, 0.15) is 11.4 Å². The van der Waals surface area contributed by atoms with Crippen LogP contribution in [0.3, 0.4) is 0 Å². The molecule has 4 aromatic heterocycles. The normalized spacial score (nSPS) is 11.0. The van der Waals surface area contributed by atoms with Gasteiger partial charge in [0.2, 0.25) is 5.88 Å². The van der Waals surface area contributed by atoms with Crippen molar-refractivity contribution < 1.29 is 4.74 Å². The van der Waals surface area contributed by atoms with E-state index in [1.165, 1.54) is 0 Å². The summed E-state index contributed by atoms with van der Waals surface area (Å²) >= 11 is 6.44. The molecule has 164 valence electrons. The number of halogens is 1. The maximum atomic E-state index is 6.44. The van der Waals surface area contributed by atoms with Crippen LogP contribution in [0.4, 0.5) is 11.5 Å². The number of ether oxygens (including phenoxy) is 1. The Bertz CT molecular complexity index is 1480. The highest BCUT2D eigenvalue weighted by Crippen LogP contribution is 2.34. The summed E-state index contributed by atoms with van der Waals surface area (Å²) in [6.45, 7) is 4.00. The molecule has 0 atom stereocenters. The molecule has 0 aliphatic heterocycles. The van der Waals surface area contributed by atoms with Gasteiger partial charge in [-0.15, -0.1) is 0 Å². The van der Waals surface area contributed by atoms with Crippen molar-refractivity contribution in [3.63, 3.8) is 0 Å². The molecule has 5 rings (SSSR count). The predicted molar refractivity (Wildman–Crippen MR) is 132 cm³/mol. The number of aromatic nitrogens is 4. The van der Waals surface area contributed by atoms with E-state index >= 15 is 0 Å². The third kappa shape index (κ3) is 3.90. The number of anilines is 2. The Labute approximate surface area is 196 Å². The molecule has 4 heterocycles. The van der Waals surface area contributed by atoms with E-state index < -0.39 is 0 Å². The maximum absolute atomic E-state index is 6.44. The minimum Gasteiger partial charge on any atom is -0.480 e. The molecule has 0 aliphatic carbocycles. The molecule has 0 spiro atoms. The first-order valence-corrected chi connectivity index (χ1v) is 10.9. The maximum Gasteiger partial charge on any atom is 0.223 e. The van der Waals surface area contributed by atoms with Crippen LogP contribution in [0.5, 0.6) is 5.88 Å². The fourth-order valence-electron chi connectivity index (χ4n) is 3.93. The molecule has 0 fully saturated rings. The summed E-state index contributed by atoms with van der Waals surface area (Å²) in [5.41, 5.74) is 7.24. The molecule has 33 heavy (non-hydrogen) atoms. The summed E-state index contributed by atoms with van der Waals surface area (Å²) in [6.07, 6.45) is 3.78. The SMILES string of the molecule is COc1nc(Nc2cccn3c(C)c(-c4ccccc4Cl)nc23)ccc1-c1ccnc(C)c1. The topological polar surface area (TPSA) is 64.3 Å². The van der Waals surface area contributed by atoms with Gasteiger partial charge in [0.15, 0.2) is 5.65 Å². The number of nitrogens with one attached hydrogen (secondary N) is 1. The molecule has 0 aliphatic rings. The Morgan fingerprint density at radius 1 is 0.939 bits per heavy atom. The van der Waals surface area contributed by atoms with Crippen molar-refractivity contribution >= 4 is 28.8 Å². The van der Waals surface area contributed by atoms with Crippen LogP contribution >= 0.6 is 11.6 Å². The number of methoxy groups -OCH3 is 1. The van der Waals surface area contributed by atoms with Gasteiger partial charge >= 0.3 is 0 Å². The van der Waals surface area contributed by atoms with Gasteiger partial charge in [-0.1, -0.05) is 29.8 Å². The van der Waals surface area contributed by atoms with Gasteiger partial charge in [-0.25, -0.2) is 4.98 Å².